The van der Waals surface area contributed by atoms with Gasteiger partial charge in [0.2, 0.25) is 11.5 Å². The second-order valence-corrected chi connectivity index (χ2v) is 8.26. The Kier molecular flexibility index (Phi) is 9.32. The van der Waals surface area contributed by atoms with Crippen LogP contribution < -0.4 is 18.9 Å². The first-order valence-corrected chi connectivity index (χ1v) is 12.0. The fourth-order valence-corrected chi connectivity index (χ4v) is 3.50. The highest BCUT2D eigenvalue weighted by atomic mass is 35.5. The normalized spacial score (nSPS) is 10.8. The number of carbonyl (C=O) groups is 2. The molecule has 6 nitrogen and oxygen atoms in total. The summed E-state index contributed by atoms with van der Waals surface area (Å²) in [4.78, 5) is 25.5. The van der Waals surface area contributed by atoms with Gasteiger partial charge in [0.15, 0.2) is 11.5 Å². The first-order chi connectivity index (χ1) is 16.9. The molecule has 0 radical (unpaired) electrons. The largest absolute Gasteiger partial charge is 0.486 e. The summed E-state index contributed by atoms with van der Waals surface area (Å²) in [6.07, 6.45) is 2.16. The average Bonchev–Trinajstić information content (AvgIpc) is 2.84. The highest BCUT2D eigenvalue weighted by Gasteiger charge is 2.28. The maximum absolute atomic E-state index is 13.4. The monoisotopic (exact) mass is 502 g/mol. The summed E-state index contributed by atoms with van der Waals surface area (Å²) < 4.78 is 36.9. The van der Waals surface area contributed by atoms with Crippen molar-refractivity contribution in [1.29, 1.82) is 0 Å². The summed E-state index contributed by atoms with van der Waals surface area (Å²) in [5.74, 6) is -1.07. The van der Waals surface area contributed by atoms with Crippen molar-refractivity contribution in [2.24, 2.45) is 0 Å². The molecule has 35 heavy (non-hydrogen) atoms. The van der Waals surface area contributed by atoms with Gasteiger partial charge in [-0.25, -0.2) is 9.18 Å². The molecular formula is C27H28ClFO6. The molecule has 0 aliphatic heterocycles. The van der Waals surface area contributed by atoms with E-state index in [1.807, 2.05) is 20.8 Å². The Bertz CT molecular complexity index is 1190. The Morgan fingerprint density at radius 1 is 0.771 bits per heavy atom. The van der Waals surface area contributed by atoms with Crippen molar-refractivity contribution in [1.82, 2.24) is 0 Å². The molecule has 0 atom stereocenters. The van der Waals surface area contributed by atoms with Gasteiger partial charge in [-0.15, -0.1) is 0 Å². The molecule has 8 heteroatoms. The van der Waals surface area contributed by atoms with Crippen molar-refractivity contribution in [3.05, 3.63) is 58.9 Å². The van der Waals surface area contributed by atoms with Crippen LogP contribution in [-0.2, 0) is 4.79 Å². The molecule has 0 fully saturated rings. The molecule has 0 saturated carbocycles. The van der Waals surface area contributed by atoms with Crippen LogP contribution in [0.25, 0.3) is 10.8 Å². The van der Waals surface area contributed by atoms with Gasteiger partial charge in [-0.1, -0.05) is 32.4 Å². The molecule has 0 unspecified atom stereocenters. The Labute approximate surface area is 208 Å². The number of ether oxygens (including phenoxy) is 4. The number of benzene rings is 3. The lowest BCUT2D eigenvalue weighted by Gasteiger charge is -2.21. The minimum absolute atomic E-state index is 0.0980. The van der Waals surface area contributed by atoms with Crippen molar-refractivity contribution in [3.63, 3.8) is 0 Å². The molecule has 0 aliphatic rings. The van der Waals surface area contributed by atoms with Crippen LogP contribution in [0, 0.1) is 5.82 Å². The third-order valence-electron chi connectivity index (χ3n) is 4.94. The number of hydrogen-bond donors (Lipinski definition) is 0. The summed E-state index contributed by atoms with van der Waals surface area (Å²) in [7, 11) is 0. The molecular weight excluding hydrogens is 475 g/mol. The van der Waals surface area contributed by atoms with Crippen LogP contribution in [0.2, 0.25) is 5.02 Å². The number of carbonyl (C=O) groups excluding carboxylic acids is 2. The predicted molar refractivity (Wildman–Crippen MR) is 132 cm³/mol. The van der Waals surface area contributed by atoms with Crippen LogP contribution in [0.3, 0.4) is 0 Å². The van der Waals surface area contributed by atoms with E-state index in [4.69, 9.17) is 30.5 Å². The van der Waals surface area contributed by atoms with Gasteiger partial charge < -0.3 is 18.9 Å². The van der Waals surface area contributed by atoms with Gasteiger partial charge in [-0.05, 0) is 61.7 Å². The van der Waals surface area contributed by atoms with E-state index in [2.05, 4.69) is 0 Å². The first-order valence-electron chi connectivity index (χ1n) is 11.6. The molecule has 0 amide bonds. The second-order valence-electron chi connectivity index (χ2n) is 7.82. The fourth-order valence-electron chi connectivity index (χ4n) is 3.33. The fraction of sp³-hybridized carbons (Fsp3) is 0.333. The minimum atomic E-state index is -0.709. The number of halogens is 2. The molecule has 0 spiro atoms. The standard InChI is InChI=1S/C27H28ClFO6/c1-4-7-22(30)34-24-21-16-18(28)10-13-20(21)23(25(32-14-5-2)26(24)33-15-6-3)35-27(31)17-8-11-19(29)12-9-17/h8-13,16H,4-7,14-15H2,1-3H3. The molecule has 0 bridgehead atoms. The van der Waals surface area contributed by atoms with Gasteiger partial charge in [0.25, 0.3) is 0 Å². The third-order valence-corrected chi connectivity index (χ3v) is 5.17. The van der Waals surface area contributed by atoms with Crippen molar-refractivity contribution in [2.45, 2.75) is 46.5 Å². The van der Waals surface area contributed by atoms with Crippen molar-refractivity contribution in [2.75, 3.05) is 13.2 Å². The second kappa shape index (κ2) is 12.4. The molecule has 0 N–H and O–H groups in total. The highest BCUT2D eigenvalue weighted by Crippen LogP contribution is 2.52. The van der Waals surface area contributed by atoms with E-state index in [0.29, 0.717) is 48.3 Å². The maximum Gasteiger partial charge on any atom is 0.343 e. The number of hydrogen-bond acceptors (Lipinski definition) is 6. The van der Waals surface area contributed by atoms with Gasteiger partial charge in [0, 0.05) is 22.2 Å². The van der Waals surface area contributed by atoms with Crippen LogP contribution in [0.4, 0.5) is 4.39 Å². The smallest absolute Gasteiger partial charge is 0.343 e. The van der Waals surface area contributed by atoms with Crippen molar-refractivity contribution >= 4 is 34.3 Å². The van der Waals surface area contributed by atoms with Gasteiger partial charge >= 0.3 is 11.9 Å². The Hall–Kier alpha value is -3.32. The van der Waals surface area contributed by atoms with Crippen molar-refractivity contribution < 1.29 is 32.9 Å². The zero-order chi connectivity index (χ0) is 25.4. The average molecular weight is 503 g/mol. The van der Waals surface area contributed by atoms with Crippen molar-refractivity contribution in [3.8, 4) is 23.0 Å². The SMILES string of the molecule is CCCOc1c(OCCC)c(OC(=O)c2ccc(F)cc2)c2ccc(Cl)cc2c1OC(=O)CCC. The lowest BCUT2D eigenvalue weighted by molar-refractivity contribution is -0.134. The molecule has 186 valence electrons. The number of esters is 2. The summed E-state index contributed by atoms with van der Waals surface area (Å²) >= 11 is 6.28. The number of rotatable bonds is 11. The van der Waals surface area contributed by atoms with Crippen LogP contribution in [-0.4, -0.2) is 25.2 Å². The molecule has 3 aromatic carbocycles. The summed E-state index contributed by atoms with van der Waals surface area (Å²) in [5.41, 5.74) is 0.157. The highest BCUT2D eigenvalue weighted by molar-refractivity contribution is 6.31. The summed E-state index contributed by atoms with van der Waals surface area (Å²) in [6.45, 7) is 6.34. The van der Waals surface area contributed by atoms with E-state index in [9.17, 15) is 14.0 Å². The first kappa shape index (κ1) is 26.3. The van der Waals surface area contributed by atoms with E-state index in [1.165, 1.54) is 24.3 Å². The van der Waals surface area contributed by atoms with Crippen LogP contribution in [0.15, 0.2) is 42.5 Å². The van der Waals surface area contributed by atoms with E-state index >= 15 is 0 Å². The number of fused-ring (bicyclic) bond motifs is 1. The Morgan fingerprint density at radius 2 is 1.37 bits per heavy atom. The molecule has 0 heterocycles. The van der Waals surface area contributed by atoms with Crippen LogP contribution in [0.1, 0.15) is 56.8 Å². The van der Waals surface area contributed by atoms with E-state index in [1.54, 1.807) is 18.2 Å². The van der Waals surface area contributed by atoms with Gasteiger partial charge in [0.05, 0.1) is 18.8 Å². The zero-order valence-corrected chi connectivity index (χ0v) is 20.7. The topological polar surface area (TPSA) is 71.1 Å². The van der Waals surface area contributed by atoms with E-state index in [-0.39, 0.29) is 35.0 Å². The molecule has 3 aromatic rings. The Morgan fingerprint density at radius 3 is 1.94 bits per heavy atom. The lowest BCUT2D eigenvalue weighted by atomic mass is 10.1. The molecule has 3 rings (SSSR count). The van der Waals surface area contributed by atoms with Gasteiger partial charge in [-0.2, -0.15) is 0 Å². The molecule has 0 saturated heterocycles. The lowest BCUT2D eigenvalue weighted by Crippen LogP contribution is -2.14. The Balaban J connectivity index is 2.26. The predicted octanol–water partition coefficient (Wildman–Crippen LogP) is 7.13. The van der Waals surface area contributed by atoms with Gasteiger partial charge in [0.1, 0.15) is 5.82 Å². The van der Waals surface area contributed by atoms with E-state index in [0.717, 1.165) is 0 Å². The summed E-state index contributed by atoms with van der Waals surface area (Å²) in [6, 6.07) is 9.92. The zero-order valence-electron chi connectivity index (χ0n) is 20.0. The maximum atomic E-state index is 13.4. The molecule has 0 aliphatic carbocycles. The third kappa shape index (κ3) is 6.42. The van der Waals surface area contributed by atoms with Crippen LogP contribution >= 0.6 is 11.6 Å². The summed E-state index contributed by atoms with van der Waals surface area (Å²) in [5, 5.41) is 1.27. The quantitative estimate of drug-likeness (QED) is 0.205. The van der Waals surface area contributed by atoms with E-state index < -0.39 is 17.8 Å². The minimum Gasteiger partial charge on any atom is -0.486 e. The van der Waals surface area contributed by atoms with Gasteiger partial charge in [-0.3, -0.25) is 4.79 Å². The molecule has 0 aromatic heterocycles. The van der Waals surface area contributed by atoms with Crippen LogP contribution in [0.5, 0.6) is 23.0 Å².